The van der Waals surface area contributed by atoms with Gasteiger partial charge in [-0.2, -0.15) is 0 Å². The van der Waals surface area contributed by atoms with Crippen molar-refractivity contribution < 1.29 is 4.74 Å². The van der Waals surface area contributed by atoms with Crippen molar-refractivity contribution in [1.29, 1.82) is 0 Å². The van der Waals surface area contributed by atoms with Gasteiger partial charge in [0.1, 0.15) is 0 Å². The largest absolute Gasteiger partial charge is 0.385 e. The number of ether oxygens (including phenoxy) is 1. The van der Waals surface area contributed by atoms with Gasteiger partial charge in [0.2, 0.25) is 0 Å². The third-order valence-electron chi connectivity index (χ3n) is 4.41. The number of hydrogen-bond acceptors (Lipinski definition) is 2. The molecule has 1 aliphatic carbocycles. The first-order chi connectivity index (χ1) is 10.1. The lowest BCUT2D eigenvalue weighted by Crippen LogP contribution is -2.28. The normalized spacial score (nSPS) is 17.9. The molecule has 21 heavy (non-hydrogen) atoms. The highest BCUT2D eigenvalue weighted by molar-refractivity contribution is 5.92. The summed E-state index contributed by atoms with van der Waals surface area (Å²) in [5.41, 5.74) is 8.53. The van der Waals surface area contributed by atoms with Gasteiger partial charge in [-0.1, -0.05) is 30.5 Å². The molecule has 116 valence electrons. The quantitative estimate of drug-likeness (QED) is 0.624. The number of hydrogen-bond donors (Lipinski definition) is 2. The average molecular weight is 289 g/mol. The van der Waals surface area contributed by atoms with Crippen LogP contribution in [0.4, 0.5) is 5.69 Å². The van der Waals surface area contributed by atoms with Crippen molar-refractivity contribution in [3.05, 3.63) is 29.8 Å². The van der Waals surface area contributed by atoms with Crippen molar-refractivity contribution in [2.75, 3.05) is 25.6 Å². The van der Waals surface area contributed by atoms with Crippen LogP contribution in [0.1, 0.15) is 37.7 Å². The Kier molecular flexibility index (Phi) is 5.62. The van der Waals surface area contributed by atoms with Crippen LogP contribution < -0.4 is 11.1 Å². The van der Waals surface area contributed by atoms with E-state index in [-0.39, 0.29) is 5.41 Å². The zero-order valence-electron chi connectivity index (χ0n) is 13.2. The van der Waals surface area contributed by atoms with E-state index >= 15 is 0 Å². The van der Waals surface area contributed by atoms with Crippen molar-refractivity contribution in [2.45, 2.75) is 39.0 Å². The van der Waals surface area contributed by atoms with Crippen molar-refractivity contribution in [2.24, 2.45) is 16.1 Å². The minimum Gasteiger partial charge on any atom is -0.385 e. The molecule has 1 saturated carbocycles. The summed E-state index contributed by atoms with van der Waals surface area (Å²) in [7, 11) is 1.76. The van der Waals surface area contributed by atoms with Gasteiger partial charge in [-0.3, -0.25) is 4.99 Å². The summed E-state index contributed by atoms with van der Waals surface area (Å²) in [5.74, 6) is 0.502. The Morgan fingerprint density at radius 1 is 1.29 bits per heavy atom. The molecule has 4 heteroatoms. The lowest BCUT2D eigenvalue weighted by molar-refractivity contribution is 0.141. The second-order valence-electron chi connectivity index (χ2n) is 6.14. The van der Waals surface area contributed by atoms with Crippen LogP contribution in [0.25, 0.3) is 0 Å². The molecule has 3 N–H and O–H groups in total. The highest BCUT2D eigenvalue weighted by Gasteiger charge is 2.33. The van der Waals surface area contributed by atoms with Crippen LogP contribution in [0.2, 0.25) is 0 Å². The second-order valence-corrected chi connectivity index (χ2v) is 6.14. The third kappa shape index (κ3) is 4.74. The summed E-state index contributed by atoms with van der Waals surface area (Å²) >= 11 is 0. The number of aryl methyl sites for hydroxylation is 1. The first-order valence-electron chi connectivity index (χ1n) is 7.76. The number of guanidine groups is 1. The number of nitrogens with zero attached hydrogens (tertiary/aromatic N) is 1. The molecule has 0 aromatic heterocycles. The number of rotatable bonds is 6. The highest BCUT2D eigenvalue weighted by atomic mass is 16.5. The van der Waals surface area contributed by atoms with Crippen molar-refractivity contribution >= 4 is 11.6 Å². The van der Waals surface area contributed by atoms with Crippen LogP contribution in [-0.2, 0) is 4.74 Å². The average Bonchev–Trinajstić information content (AvgIpc) is 2.95. The van der Waals surface area contributed by atoms with Gasteiger partial charge >= 0.3 is 0 Å². The molecule has 0 atom stereocenters. The maximum atomic E-state index is 6.02. The molecule has 0 bridgehead atoms. The Morgan fingerprint density at radius 2 is 1.95 bits per heavy atom. The molecule has 1 aromatic carbocycles. The number of nitrogens with one attached hydrogen (secondary N) is 1. The molecule has 0 heterocycles. The maximum absolute atomic E-state index is 6.02. The molecule has 1 aliphatic rings. The minimum atomic E-state index is 0.287. The molecule has 0 aliphatic heterocycles. The summed E-state index contributed by atoms with van der Waals surface area (Å²) < 4.78 is 5.25. The number of anilines is 1. The molecule has 1 fully saturated rings. The SMILES string of the molecule is COCCC1(CN=C(N)Nc2ccc(C)cc2)CCCC1. The Balaban J connectivity index is 1.93. The Morgan fingerprint density at radius 3 is 2.57 bits per heavy atom. The fourth-order valence-electron chi connectivity index (χ4n) is 3.01. The number of aliphatic imine (C=N–C) groups is 1. The van der Waals surface area contributed by atoms with Gasteiger partial charge in [-0.15, -0.1) is 0 Å². The van der Waals surface area contributed by atoms with E-state index in [1.54, 1.807) is 7.11 Å². The van der Waals surface area contributed by atoms with Crippen molar-refractivity contribution in [3.8, 4) is 0 Å². The molecular formula is C17H27N3O. The topological polar surface area (TPSA) is 59.6 Å². The third-order valence-corrected chi connectivity index (χ3v) is 4.41. The van der Waals surface area contributed by atoms with E-state index in [0.717, 1.165) is 25.3 Å². The van der Waals surface area contributed by atoms with Crippen LogP contribution in [-0.4, -0.2) is 26.2 Å². The zero-order chi connectivity index (χ0) is 15.1. The maximum Gasteiger partial charge on any atom is 0.193 e. The fraction of sp³-hybridized carbons (Fsp3) is 0.588. The van der Waals surface area contributed by atoms with Crippen LogP contribution >= 0.6 is 0 Å². The van der Waals surface area contributed by atoms with E-state index in [9.17, 15) is 0 Å². The van der Waals surface area contributed by atoms with Crippen LogP contribution in [0.5, 0.6) is 0 Å². The van der Waals surface area contributed by atoms with Gasteiger partial charge < -0.3 is 15.8 Å². The molecule has 1 aromatic rings. The standard InChI is InChI=1S/C17H27N3O/c1-14-5-7-15(8-6-14)20-16(18)19-13-17(11-12-21-2)9-3-4-10-17/h5-8H,3-4,9-13H2,1-2H3,(H3,18,19,20). The van der Waals surface area contributed by atoms with Gasteiger partial charge in [-0.25, -0.2) is 0 Å². The van der Waals surface area contributed by atoms with E-state index in [2.05, 4.69) is 29.4 Å². The van der Waals surface area contributed by atoms with Crippen LogP contribution in [0, 0.1) is 12.3 Å². The smallest absolute Gasteiger partial charge is 0.193 e. The van der Waals surface area contributed by atoms with Gasteiger partial charge in [0, 0.05) is 25.9 Å². The molecule has 0 unspecified atom stereocenters. The van der Waals surface area contributed by atoms with Crippen LogP contribution in [0.3, 0.4) is 0 Å². The first kappa shape index (κ1) is 15.8. The Hall–Kier alpha value is -1.55. The molecule has 2 rings (SSSR count). The Labute approximate surface area is 127 Å². The molecule has 0 spiro atoms. The van der Waals surface area contributed by atoms with Gasteiger partial charge in [-0.05, 0) is 43.7 Å². The summed E-state index contributed by atoms with van der Waals surface area (Å²) in [6, 6.07) is 8.17. The number of nitrogens with two attached hydrogens (primary N) is 1. The monoisotopic (exact) mass is 289 g/mol. The predicted octanol–water partition coefficient (Wildman–Crippen LogP) is 3.32. The van der Waals surface area contributed by atoms with Gasteiger partial charge in [0.25, 0.3) is 0 Å². The fourth-order valence-corrected chi connectivity index (χ4v) is 3.01. The molecular weight excluding hydrogens is 262 g/mol. The highest BCUT2D eigenvalue weighted by Crippen LogP contribution is 2.41. The van der Waals surface area contributed by atoms with Crippen molar-refractivity contribution in [3.63, 3.8) is 0 Å². The number of benzene rings is 1. The lowest BCUT2D eigenvalue weighted by Gasteiger charge is -2.26. The van der Waals surface area contributed by atoms with Gasteiger partial charge in [0.15, 0.2) is 5.96 Å². The van der Waals surface area contributed by atoms with Crippen LogP contribution in [0.15, 0.2) is 29.3 Å². The van der Waals surface area contributed by atoms with E-state index < -0.39 is 0 Å². The van der Waals surface area contributed by atoms with E-state index in [1.165, 1.54) is 31.2 Å². The molecule has 0 saturated heterocycles. The summed E-state index contributed by atoms with van der Waals surface area (Å²) in [6.07, 6.45) is 6.13. The van der Waals surface area contributed by atoms with E-state index in [0.29, 0.717) is 5.96 Å². The second kappa shape index (κ2) is 7.46. The Bertz CT molecular complexity index is 461. The zero-order valence-corrected chi connectivity index (χ0v) is 13.2. The summed E-state index contributed by atoms with van der Waals surface area (Å²) in [6.45, 7) is 3.67. The molecule has 0 radical (unpaired) electrons. The predicted molar refractivity (Wildman–Crippen MR) is 88.7 cm³/mol. The summed E-state index contributed by atoms with van der Waals surface area (Å²) in [5, 5.41) is 3.16. The van der Waals surface area contributed by atoms with E-state index in [1.807, 2.05) is 12.1 Å². The van der Waals surface area contributed by atoms with Crippen molar-refractivity contribution in [1.82, 2.24) is 0 Å². The summed E-state index contributed by atoms with van der Waals surface area (Å²) in [4.78, 5) is 4.58. The van der Waals surface area contributed by atoms with E-state index in [4.69, 9.17) is 10.5 Å². The molecule has 4 nitrogen and oxygen atoms in total. The number of methoxy groups -OCH3 is 1. The minimum absolute atomic E-state index is 0.287. The first-order valence-corrected chi connectivity index (χ1v) is 7.76. The molecule has 0 amide bonds. The van der Waals surface area contributed by atoms with Gasteiger partial charge in [0.05, 0.1) is 0 Å². The lowest BCUT2D eigenvalue weighted by atomic mass is 9.83.